The molecule has 0 fully saturated rings. The smallest absolute Gasteiger partial charge is 0.345 e. The first-order valence-corrected chi connectivity index (χ1v) is 13.0. The van der Waals surface area contributed by atoms with Crippen molar-refractivity contribution in [2.24, 2.45) is 0 Å². The van der Waals surface area contributed by atoms with E-state index in [0.717, 1.165) is 51.0 Å². The summed E-state index contributed by atoms with van der Waals surface area (Å²) in [6.45, 7) is 6.82. The van der Waals surface area contributed by atoms with Crippen LogP contribution < -0.4 is 19.9 Å². The molecule has 0 spiro atoms. The van der Waals surface area contributed by atoms with Crippen LogP contribution in [-0.4, -0.2) is 23.6 Å². The van der Waals surface area contributed by atoms with Gasteiger partial charge in [0.1, 0.15) is 11.5 Å². The van der Waals surface area contributed by atoms with E-state index in [1.165, 1.54) is 25.3 Å². The maximum Gasteiger partial charge on any atom is 0.345 e. The number of nitrogen functional groups attached to an aromatic ring is 1. The van der Waals surface area contributed by atoms with Crippen LogP contribution >= 0.6 is 0 Å². The number of carbonyl (C=O) groups excluding carboxylic acids is 1. The Balaban J connectivity index is 1.99. The minimum absolute atomic E-state index is 0.0493. The SMILES string of the molecule is CCCCCCCOc1ccc(OC(=O)c2cc([N+](=O)[O-])c(O[C@H](C)CCCCCC)cc2N)cc1. The number of esters is 1. The first-order valence-electron chi connectivity index (χ1n) is 13.0. The van der Waals surface area contributed by atoms with E-state index in [0.29, 0.717) is 18.1 Å². The predicted molar refractivity (Wildman–Crippen MR) is 142 cm³/mol. The van der Waals surface area contributed by atoms with Gasteiger partial charge in [0, 0.05) is 12.1 Å². The second-order valence-corrected chi connectivity index (χ2v) is 9.07. The third-order valence-electron chi connectivity index (χ3n) is 5.89. The molecule has 0 aliphatic carbocycles. The summed E-state index contributed by atoms with van der Waals surface area (Å²) in [7, 11) is 0. The van der Waals surface area contributed by atoms with E-state index in [1.807, 2.05) is 6.92 Å². The summed E-state index contributed by atoms with van der Waals surface area (Å²) in [5.41, 5.74) is 5.71. The van der Waals surface area contributed by atoms with Crippen molar-refractivity contribution in [2.45, 2.75) is 91.1 Å². The number of carbonyl (C=O) groups is 1. The highest BCUT2D eigenvalue weighted by Gasteiger charge is 2.24. The first-order chi connectivity index (χ1) is 17.3. The number of benzene rings is 2. The van der Waals surface area contributed by atoms with E-state index in [2.05, 4.69) is 13.8 Å². The summed E-state index contributed by atoms with van der Waals surface area (Å²) in [6, 6.07) is 9.12. The predicted octanol–water partition coefficient (Wildman–Crippen LogP) is 7.48. The van der Waals surface area contributed by atoms with E-state index < -0.39 is 10.9 Å². The van der Waals surface area contributed by atoms with Crippen LogP contribution in [0.2, 0.25) is 0 Å². The average Bonchev–Trinajstić information content (AvgIpc) is 2.85. The molecule has 0 unspecified atom stereocenters. The van der Waals surface area contributed by atoms with E-state index in [-0.39, 0.29) is 28.8 Å². The second kappa shape index (κ2) is 15.7. The van der Waals surface area contributed by atoms with Gasteiger partial charge in [0.05, 0.1) is 28.9 Å². The van der Waals surface area contributed by atoms with Crippen molar-refractivity contribution >= 4 is 17.3 Å². The first kappa shape index (κ1) is 28.9. The molecular weight excluding hydrogens is 460 g/mol. The van der Waals surface area contributed by atoms with E-state index in [4.69, 9.17) is 19.9 Å². The third kappa shape index (κ3) is 9.76. The van der Waals surface area contributed by atoms with Gasteiger partial charge < -0.3 is 19.9 Å². The van der Waals surface area contributed by atoms with Crippen molar-refractivity contribution in [3.8, 4) is 17.2 Å². The van der Waals surface area contributed by atoms with Crippen molar-refractivity contribution in [3.63, 3.8) is 0 Å². The van der Waals surface area contributed by atoms with Crippen LogP contribution in [0.25, 0.3) is 0 Å². The van der Waals surface area contributed by atoms with Crippen LogP contribution in [0, 0.1) is 10.1 Å². The molecule has 2 rings (SSSR count). The summed E-state index contributed by atoms with van der Waals surface area (Å²) in [5, 5.41) is 11.7. The molecule has 0 bridgehead atoms. The van der Waals surface area contributed by atoms with E-state index in [1.54, 1.807) is 24.3 Å². The molecular formula is C28H40N2O6. The van der Waals surface area contributed by atoms with Gasteiger partial charge in [0.2, 0.25) is 0 Å². The Morgan fingerprint density at radius 2 is 1.56 bits per heavy atom. The van der Waals surface area contributed by atoms with Crippen LogP contribution in [0.1, 0.15) is 95.3 Å². The molecule has 2 aromatic carbocycles. The Bertz CT molecular complexity index is 961. The highest BCUT2D eigenvalue weighted by molar-refractivity contribution is 5.97. The van der Waals surface area contributed by atoms with Gasteiger partial charge in [0.25, 0.3) is 0 Å². The fourth-order valence-electron chi connectivity index (χ4n) is 3.79. The number of unbranched alkanes of at least 4 members (excludes halogenated alkanes) is 7. The van der Waals surface area contributed by atoms with Gasteiger partial charge in [0.15, 0.2) is 5.75 Å². The van der Waals surface area contributed by atoms with Crippen molar-refractivity contribution < 1.29 is 23.9 Å². The molecule has 1 atom stereocenters. The Morgan fingerprint density at radius 1 is 0.944 bits per heavy atom. The molecule has 0 saturated heterocycles. The highest BCUT2D eigenvalue weighted by atomic mass is 16.6. The molecule has 0 saturated carbocycles. The lowest BCUT2D eigenvalue weighted by atomic mass is 10.1. The molecule has 8 heteroatoms. The van der Waals surface area contributed by atoms with Gasteiger partial charge in [-0.05, 0) is 50.5 Å². The summed E-state index contributed by atoms with van der Waals surface area (Å²) in [6.07, 6.45) is 10.7. The lowest BCUT2D eigenvalue weighted by Gasteiger charge is -2.16. The van der Waals surface area contributed by atoms with Gasteiger partial charge in [-0.3, -0.25) is 10.1 Å². The van der Waals surface area contributed by atoms with Gasteiger partial charge in [-0.25, -0.2) is 4.79 Å². The molecule has 8 nitrogen and oxygen atoms in total. The normalized spacial score (nSPS) is 11.6. The summed E-state index contributed by atoms with van der Waals surface area (Å²) in [4.78, 5) is 23.8. The Kier molecular flexibility index (Phi) is 12.6. The van der Waals surface area contributed by atoms with Crippen molar-refractivity contribution in [3.05, 3.63) is 52.1 Å². The highest BCUT2D eigenvalue weighted by Crippen LogP contribution is 2.34. The second-order valence-electron chi connectivity index (χ2n) is 9.07. The monoisotopic (exact) mass is 500 g/mol. The number of anilines is 1. The fraction of sp³-hybridized carbons (Fsp3) is 0.536. The third-order valence-corrected chi connectivity index (χ3v) is 5.89. The maximum atomic E-state index is 12.7. The minimum atomic E-state index is -0.778. The zero-order chi connectivity index (χ0) is 26.3. The Hall–Kier alpha value is -3.29. The van der Waals surface area contributed by atoms with Crippen LogP contribution in [-0.2, 0) is 0 Å². The molecule has 0 heterocycles. The van der Waals surface area contributed by atoms with Gasteiger partial charge >= 0.3 is 11.7 Å². The average molecular weight is 501 g/mol. The number of nitrogens with two attached hydrogens (primary N) is 1. The van der Waals surface area contributed by atoms with Crippen molar-refractivity contribution in [2.75, 3.05) is 12.3 Å². The van der Waals surface area contributed by atoms with Crippen LogP contribution in [0.15, 0.2) is 36.4 Å². The number of hydrogen-bond acceptors (Lipinski definition) is 7. The zero-order valence-corrected chi connectivity index (χ0v) is 21.8. The number of nitro groups is 1. The quantitative estimate of drug-likeness (QED) is 0.0598. The fourth-order valence-corrected chi connectivity index (χ4v) is 3.79. The van der Waals surface area contributed by atoms with E-state index in [9.17, 15) is 14.9 Å². The van der Waals surface area contributed by atoms with Gasteiger partial charge in [-0.15, -0.1) is 0 Å². The molecule has 198 valence electrons. The molecule has 0 aliphatic heterocycles. The lowest BCUT2D eigenvalue weighted by Crippen LogP contribution is -2.15. The molecule has 0 radical (unpaired) electrons. The Morgan fingerprint density at radius 3 is 2.19 bits per heavy atom. The molecule has 0 aromatic heterocycles. The van der Waals surface area contributed by atoms with Crippen LogP contribution in [0.4, 0.5) is 11.4 Å². The number of rotatable bonds is 17. The maximum absolute atomic E-state index is 12.7. The molecule has 2 aromatic rings. The van der Waals surface area contributed by atoms with Gasteiger partial charge in [-0.1, -0.05) is 58.8 Å². The summed E-state index contributed by atoms with van der Waals surface area (Å²) >= 11 is 0. The summed E-state index contributed by atoms with van der Waals surface area (Å²) in [5.74, 6) is 0.247. The number of nitrogens with zero attached hydrogens (tertiary/aromatic N) is 1. The lowest BCUT2D eigenvalue weighted by molar-refractivity contribution is -0.386. The molecule has 0 aliphatic rings. The summed E-state index contributed by atoms with van der Waals surface area (Å²) < 4.78 is 16.9. The van der Waals surface area contributed by atoms with Crippen molar-refractivity contribution in [1.29, 1.82) is 0 Å². The number of nitro benzene ring substituents is 1. The van der Waals surface area contributed by atoms with Crippen LogP contribution in [0.5, 0.6) is 17.2 Å². The minimum Gasteiger partial charge on any atom is -0.494 e. The molecule has 36 heavy (non-hydrogen) atoms. The van der Waals surface area contributed by atoms with E-state index >= 15 is 0 Å². The van der Waals surface area contributed by atoms with Crippen LogP contribution in [0.3, 0.4) is 0 Å². The standard InChI is InChI=1S/C28H40N2O6/c1-4-6-8-10-12-18-34-22-14-16-23(17-15-22)36-28(31)24-19-26(30(32)33)27(20-25(24)29)35-21(3)13-11-9-7-5-2/h14-17,19-21H,4-13,18,29H2,1-3H3/t21-/m1/s1. The number of ether oxygens (including phenoxy) is 3. The van der Waals surface area contributed by atoms with Gasteiger partial charge in [-0.2, -0.15) is 0 Å². The number of hydrogen-bond donors (Lipinski definition) is 1. The topological polar surface area (TPSA) is 114 Å². The largest absolute Gasteiger partial charge is 0.494 e. The van der Waals surface area contributed by atoms with Crippen molar-refractivity contribution in [1.82, 2.24) is 0 Å². The molecule has 0 amide bonds. The molecule has 2 N–H and O–H groups in total. The Labute approximate surface area is 214 Å². The zero-order valence-electron chi connectivity index (χ0n) is 21.8.